The molecular formula is C12H19NO2S. The number of thiophene rings is 1. The van der Waals surface area contributed by atoms with Crippen LogP contribution in [0.5, 0.6) is 0 Å². The molecule has 1 aromatic rings. The van der Waals surface area contributed by atoms with E-state index < -0.39 is 0 Å². The molecule has 0 bridgehead atoms. The summed E-state index contributed by atoms with van der Waals surface area (Å²) in [5.41, 5.74) is 1.38. The molecule has 0 aromatic carbocycles. The molecule has 0 spiro atoms. The third kappa shape index (κ3) is 4.77. The zero-order valence-corrected chi connectivity index (χ0v) is 10.7. The molecule has 1 heterocycles. The van der Waals surface area contributed by atoms with Crippen LogP contribution in [0.4, 0.5) is 0 Å². The summed E-state index contributed by atoms with van der Waals surface area (Å²) < 4.78 is 4.57. The Hall–Kier alpha value is -0.870. The van der Waals surface area contributed by atoms with Gasteiger partial charge in [-0.3, -0.25) is 4.79 Å². The van der Waals surface area contributed by atoms with E-state index in [1.165, 1.54) is 17.6 Å². The Labute approximate surface area is 101 Å². The Balaban J connectivity index is 2.00. The van der Waals surface area contributed by atoms with Crippen molar-refractivity contribution >= 4 is 17.3 Å². The highest BCUT2D eigenvalue weighted by atomic mass is 32.1. The number of aryl methyl sites for hydroxylation is 1. The van der Waals surface area contributed by atoms with E-state index in [0.29, 0.717) is 6.42 Å². The van der Waals surface area contributed by atoms with Crippen LogP contribution in [-0.2, 0) is 16.0 Å². The van der Waals surface area contributed by atoms with E-state index in [1.807, 2.05) is 11.3 Å². The molecule has 3 nitrogen and oxygen atoms in total. The Morgan fingerprint density at radius 3 is 2.94 bits per heavy atom. The molecule has 1 rings (SSSR count). The summed E-state index contributed by atoms with van der Waals surface area (Å²) in [6.45, 7) is 3.99. The summed E-state index contributed by atoms with van der Waals surface area (Å²) in [5, 5.41) is 5.46. The van der Waals surface area contributed by atoms with E-state index in [4.69, 9.17) is 0 Å². The average molecular weight is 241 g/mol. The maximum absolute atomic E-state index is 10.8. The summed E-state index contributed by atoms with van der Waals surface area (Å²) >= 11 is 1.81. The van der Waals surface area contributed by atoms with Crippen LogP contribution in [0.15, 0.2) is 11.4 Å². The van der Waals surface area contributed by atoms with Gasteiger partial charge in [-0.1, -0.05) is 0 Å². The van der Waals surface area contributed by atoms with Gasteiger partial charge in [0.1, 0.15) is 0 Å². The van der Waals surface area contributed by atoms with E-state index in [1.54, 1.807) is 0 Å². The maximum Gasteiger partial charge on any atom is 0.305 e. The van der Waals surface area contributed by atoms with Crippen molar-refractivity contribution in [2.45, 2.75) is 26.2 Å². The van der Waals surface area contributed by atoms with Gasteiger partial charge >= 0.3 is 5.97 Å². The van der Waals surface area contributed by atoms with Gasteiger partial charge in [0.2, 0.25) is 0 Å². The minimum atomic E-state index is -0.129. The molecule has 90 valence electrons. The van der Waals surface area contributed by atoms with Gasteiger partial charge in [0, 0.05) is 11.3 Å². The van der Waals surface area contributed by atoms with Crippen molar-refractivity contribution in [1.29, 1.82) is 0 Å². The molecule has 0 fully saturated rings. The van der Waals surface area contributed by atoms with Gasteiger partial charge in [0.15, 0.2) is 0 Å². The number of hydrogen-bond acceptors (Lipinski definition) is 4. The summed E-state index contributed by atoms with van der Waals surface area (Å²) in [6.07, 6.45) is 2.42. The number of nitrogens with one attached hydrogen (secondary N) is 1. The van der Waals surface area contributed by atoms with E-state index >= 15 is 0 Å². The van der Waals surface area contributed by atoms with Crippen molar-refractivity contribution in [3.8, 4) is 0 Å². The smallest absolute Gasteiger partial charge is 0.305 e. The molecule has 0 aliphatic rings. The minimum Gasteiger partial charge on any atom is -0.469 e. The fourth-order valence-electron chi connectivity index (χ4n) is 1.45. The number of ether oxygens (including phenoxy) is 1. The first-order valence-electron chi connectivity index (χ1n) is 5.54. The van der Waals surface area contributed by atoms with E-state index in [9.17, 15) is 4.79 Å². The molecule has 0 atom stereocenters. The largest absolute Gasteiger partial charge is 0.469 e. The van der Waals surface area contributed by atoms with Crippen molar-refractivity contribution in [2.24, 2.45) is 0 Å². The van der Waals surface area contributed by atoms with Crippen LogP contribution >= 0.6 is 11.3 Å². The molecule has 0 saturated carbocycles. The molecule has 0 saturated heterocycles. The molecule has 0 radical (unpaired) electrons. The first-order chi connectivity index (χ1) is 7.74. The summed E-state index contributed by atoms with van der Waals surface area (Å²) in [4.78, 5) is 12.3. The lowest BCUT2D eigenvalue weighted by Gasteiger charge is -2.03. The zero-order chi connectivity index (χ0) is 11.8. The van der Waals surface area contributed by atoms with E-state index in [2.05, 4.69) is 28.4 Å². The molecule has 0 aliphatic heterocycles. The summed E-state index contributed by atoms with van der Waals surface area (Å²) in [5.74, 6) is -0.129. The third-order valence-corrected chi connectivity index (χ3v) is 3.54. The van der Waals surface area contributed by atoms with Gasteiger partial charge in [-0.25, -0.2) is 0 Å². The first kappa shape index (κ1) is 13.2. The predicted molar refractivity (Wildman–Crippen MR) is 66.9 cm³/mol. The van der Waals surface area contributed by atoms with Gasteiger partial charge in [-0.15, -0.1) is 11.3 Å². The standard InChI is InChI=1S/C12H19NO2S/c1-10-6-9-16-11(10)5-8-13-7-3-4-12(14)15-2/h6,9,13H,3-5,7-8H2,1-2H3. The molecule has 0 amide bonds. The van der Waals surface area contributed by atoms with Crippen LogP contribution in [0.1, 0.15) is 23.3 Å². The van der Waals surface area contributed by atoms with Gasteiger partial charge in [0.25, 0.3) is 0 Å². The normalized spacial score (nSPS) is 10.4. The van der Waals surface area contributed by atoms with Gasteiger partial charge in [0.05, 0.1) is 7.11 Å². The number of esters is 1. The fraction of sp³-hybridized carbons (Fsp3) is 0.583. The molecule has 1 N–H and O–H groups in total. The first-order valence-corrected chi connectivity index (χ1v) is 6.42. The fourth-order valence-corrected chi connectivity index (χ4v) is 2.36. The topological polar surface area (TPSA) is 38.3 Å². The molecule has 16 heavy (non-hydrogen) atoms. The summed E-state index contributed by atoms with van der Waals surface area (Å²) in [7, 11) is 1.43. The van der Waals surface area contributed by atoms with Crippen LogP contribution in [0.2, 0.25) is 0 Å². The molecule has 4 heteroatoms. The highest BCUT2D eigenvalue weighted by Gasteiger charge is 2.00. The predicted octanol–water partition coefficient (Wildman–Crippen LogP) is 2.14. The lowest BCUT2D eigenvalue weighted by molar-refractivity contribution is -0.140. The highest BCUT2D eigenvalue weighted by Crippen LogP contribution is 2.15. The monoisotopic (exact) mass is 241 g/mol. The van der Waals surface area contributed by atoms with Crippen LogP contribution in [0.25, 0.3) is 0 Å². The van der Waals surface area contributed by atoms with Crippen LogP contribution < -0.4 is 5.32 Å². The highest BCUT2D eigenvalue weighted by molar-refractivity contribution is 7.10. The van der Waals surface area contributed by atoms with Crippen molar-refractivity contribution in [3.63, 3.8) is 0 Å². The second-order valence-electron chi connectivity index (χ2n) is 3.71. The number of rotatable bonds is 7. The Bertz CT molecular complexity index is 323. The maximum atomic E-state index is 10.8. The SMILES string of the molecule is COC(=O)CCCNCCc1sccc1C. The van der Waals surface area contributed by atoms with Crippen molar-refractivity contribution < 1.29 is 9.53 Å². The number of hydrogen-bond donors (Lipinski definition) is 1. The van der Waals surface area contributed by atoms with Gasteiger partial charge in [-0.2, -0.15) is 0 Å². The van der Waals surface area contributed by atoms with Crippen LogP contribution in [-0.4, -0.2) is 26.2 Å². The van der Waals surface area contributed by atoms with Crippen LogP contribution in [0, 0.1) is 6.92 Å². The second kappa shape index (κ2) is 7.41. The Morgan fingerprint density at radius 1 is 1.50 bits per heavy atom. The van der Waals surface area contributed by atoms with Gasteiger partial charge in [-0.05, 0) is 49.9 Å². The van der Waals surface area contributed by atoms with Crippen LogP contribution in [0.3, 0.4) is 0 Å². The molecule has 0 aliphatic carbocycles. The Kier molecular flexibility index (Phi) is 6.11. The Morgan fingerprint density at radius 2 is 2.31 bits per heavy atom. The van der Waals surface area contributed by atoms with E-state index in [0.717, 1.165) is 25.9 Å². The summed E-state index contributed by atoms with van der Waals surface area (Å²) in [6, 6.07) is 2.15. The number of carbonyl (C=O) groups is 1. The second-order valence-corrected chi connectivity index (χ2v) is 4.71. The van der Waals surface area contributed by atoms with Gasteiger partial charge < -0.3 is 10.1 Å². The molecular weight excluding hydrogens is 222 g/mol. The lowest BCUT2D eigenvalue weighted by Crippen LogP contribution is -2.19. The number of methoxy groups -OCH3 is 1. The molecule has 1 aromatic heterocycles. The van der Waals surface area contributed by atoms with Crippen molar-refractivity contribution in [3.05, 3.63) is 21.9 Å². The quantitative estimate of drug-likeness (QED) is 0.587. The number of carbonyl (C=O) groups excluding carboxylic acids is 1. The minimum absolute atomic E-state index is 0.129. The van der Waals surface area contributed by atoms with Crippen molar-refractivity contribution in [1.82, 2.24) is 5.32 Å². The molecule has 0 unspecified atom stereocenters. The third-order valence-electron chi connectivity index (χ3n) is 2.46. The lowest BCUT2D eigenvalue weighted by atomic mass is 10.2. The van der Waals surface area contributed by atoms with E-state index in [-0.39, 0.29) is 5.97 Å². The average Bonchev–Trinajstić information content (AvgIpc) is 2.69. The zero-order valence-electron chi connectivity index (χ0n) is 9.91. The van der Waals surface area contributed by atoms with Crippen molar-refractivity contribution in [2.75, 3.05) is 20.2 Å².